The zero-order valence-corrected chi connectivity index (χ0v) is 17.9. The number of aromatic nitrogens is 2. The molecule has 1 amide bonds. The number of benzene rings is 1. The van der Waals surface area contributed by atoms with E-state index in [1.807, 2.05) is 0 Å². The molecule has 0 radical (unpaired) electrons. The Labute approximate surface area is 191 Å². The van der Waals surface area contributed by atoms with Gasteiger partial charge in [0.25, 0.3) is 5.91 Å². The van der Waals surface area contributed by atoms with Crippen molar-refractivity contribution < 1.29 is 22.4 Å². The summed E-state index contributed by atoms with van der Waals surface area (Å²) < 4.78 is 53.7. The van der Waals surface area contributed by atoms with Gasteiger partial charge in [-0.2, -0.15) is 13.2 Å². The van der Waals surface area contributed by atoms with E-state index in [1.165, 1.54) is 12.1 Å². The van der Waals surface area contributed by atoms with E-state index < -0.39 is 40.8 Å². The van der Waals surface area contributed by atoms with Crippen LogP contribution in [0.4, 0.5) is 17.6 Å². The number of rotatable bonds is 4. The topological polar surface area (TPSA) is 64.0 Å². The van der Waals surface area contributed by atoms with Gasteiger partial charge in [-0.1, -0.05) is 34.8 Å². The molecule has 2 heterocycles. The first-order valence-corrected chi connectivity index (χ1v) is 9.91. The van der Waals surface area contributed by atoms with Crippen molar-refractivity contribution in [1.82, 2.24) is 14.9 Å². The fraction of sp³-hybridized carbons (Fsp3) is 0.167. The van der Waals surface area contributed by atoms with Crippen LogP contribution in [0.1, 0.15) is 10.4 Å². The minimum atomic E-state index is -4.84. The lowest BCUT2D eigenvalue weighted by Gasteiger charge is -2.20. The third kappa shape index (κ3) is 4.74. The molecule has 164 valence electrons. The summed E-state index contributed by atoms with van der Waals surface area (Å²) in [5.74, 6) is -3.07. The Morgan fingerprint density at radius 2 is 1.77 bits per heavy atom. The third-order valence-corrected chi connectivity index (χ3v) is 5.23. The summed E-state index contributed by atoms with van der Waals surface area (Å²) in [6.07, 6.45) is -3.94. The number of pyridine rings is 2. The Kier molecular flexibility index (Phi) is 6.71. The van der Waals surface area contributed by atoms with Gasteiger partial charge in [-0.15, -0.1) is 11.6 Å². The molecule has 13 heteroatoms. The Bertz CT molecular complexity index is 1220. The molecule has 31 heavy (non-hydrogen) atoms. The lowest BCUT2D eigenvalue weighted by Crippen LogP contribution is -2.47. The van der Waals surface area contributed by atoms with Gasteiger partial charge in [-0.05, 0) is 24.3 Å². The molecule has 0 spiro atoms. The van der Waals surface area contributed by atoms with Crippen molar-refractivity contribution in [2.45, 2.75) is 12.2 Å². The highest BCUT2D eigenvalue weighted by Crippen LogP contribution is 2.32. The van der Waals surface area contributed by atoms with Gasteiger partial charge in [0.15, 0.2) is 0 Å². The Morgan fingerprint density at radius 1 is 1.16 bits per heavy atom. The van der Waals surface area contributed by atoms with Crippen LogP contribution in [0.5, 0.6) is 0 Å². The van der Waals surface area contributed by atoms with Crippen LogP contribution in [-0.2, 0) is 0 Å². The molecule has 3 aromatic rings. The number of carbonyl (C=O) groups excluding carboxylic acids is 1. The minimum Gasteiger partial charge on any atom is -0.339 e. The van der Waals surface area contributed by atoms with Crippen molar-refractivity contribution in [3.8, 4) is 5.69 Å². The standard InChI is InChI=1S/C18H9Cl4F4N3O2/c19-5-12(18(24,25)26)27-17(31)9-6-29(14-10(20)3-7(23)4-11(14)21)16-8(15(9)30)1-2-13(22)28-16/h1-4,6,12H,5H2,(H,27,31)/t12-/m1/s1. The first-order valence-electron chi connectivity index (χ1n) is 8.24. The number of amides is 1. The number of hydrogen-bond donors (Lipinski definition) is 1. The lowest BCUT2D eigenvalue weighted by atomic mass is 10.1. The number of nitrogens with zero attached hydrogens (tertiary/aromatic N) is 2. The molecule has 0 bridgehead atoms. The second-order valence-electron chi connectivity index (χ2n) is 6.19. The van der Waals surface area contributed by atoms with Crippen LogP contribution < -0.4 is 10.7 Å². The summed E-state index contributed by atoms with van der Waals surface area (Å²) in [5, 5.41) is 1.05. The van der Waals surface area contributed by atoms with Crippen molar-refractivity contribution in [1.29, 1.82) is 0 Å². The maximum absolute atomic E-state index is 13.6. The largest absolute Gasteiger partial charge is 0.409 e. The van der Waals surface area contributed by atoms with Crippen LogP contribution in [0.15, 0.2) is 35.3 Å². The summed E-state index contributed by atoms with van der Waals surface area (Å²) in [6, 6.07) is 1.93. The van der Waals surface area contributed by atoms with Gasteiger partial charge >= 0.3 is 6.18 Å². The Morgan fingerprint density at radius 3 is 2.32 bits per heavy atom. The van der Waals surface area contributed by atoms with Crippen LogP contribution in [0.3, 0.4) is 0 Å². The van der Waals surface area contributed by atoms with E-state index in [0.29, 0.717) is 0 Å². The molecule has 0 saturated carbocycles. The molecule has 1 atom stereocenters. The maximum atomic E-state index is 13.6. The molecule has 1 N–H and O–H groups in total. The molecule has 5 nitrogen and oxygen atoms in total. The van der Waals surface area contributed by atoms with Crippen LogP contribution in [0, 0.1) is 5.82 Å². The van der Waals surface area contributed by atoms with Gasteiger partial charge in [0.1, 0.15) is 28.2 Å². The van der Waals surface area contributed by atoms with E-state index in [1.54, 1.807) is 5.32 Å². The SMILES string of the molecule is O=C(N[C@H](CCl)C(F)(F)F)c1cn(-c2c(Cl)cc(F)cc2Cl)c2nc(Cl)ccc2c1=O. The summed E-state index contributed by atoms with van der Waals surface area (Å²) in [4.78, 5) is 29.4. The summed E-state index contributed by atoms with van der Waals surface area (Å²) >= 11 is 23.4. The average Bonchev–Trinajstić information content (AvgIpc) is 2.65. The Balaban J connectivity index is 2.29. The number of alkyl halides is 4. The first-order chi connectivity index (χ1) is 14.4. The van der Waals surface area contributed by atoms with E-state index in [0.717, 1.165) is 22.9 Å². The smallest absolute Gasteiger partial charge is 0.339 e. The predicted molar refractivity (Wildman–Crippen MR) is 110 cm³/mol. The van der Waals surface area contributed by atoms with Gasteiger partial charge in [-0.3, -0.25) is 14.2 Å². The zero-order valence-electron chi connectivity index (χ0n) is 14.9. The number of hydrogen-bond acceptors (Lipinski definition) is 3. The molecule has 0 aliphatic heterocycles. The monoisotopic (exact) mass is 515 g/mol. The second kappa shape index (κ2) is 8.82. The third-order valence-electron chi connectivity index (χ3n) is 4.14. The van der Waals surface area contributed by atoms with Crippen molar-refractivity contribution in [2.75, 3.05) is 5.88 Å². The van der Waals surface area contributed by atoms with Crippen LogP contribution >= 0.6 is 46.4 Å². The fourth-order valence-corrected chi connectivity index (χ4v) is 3.76. The van der Waals surface area contributed by atoms with E-state index in [4.69, 9.17) is 46.4 Å². The van der Waals surface area contributed by atoms with Gasteiger partial charge in [0.2, 0.25) is 5.43 Å². The average molecular weight is 517 g/mol. The van der Waals surface area contributed by atoms with Gasteiger partial charge in [0.05, 0.1) is 27.0 Å². The number of carbonyl (C=O) groups is 1. The summed E-state index contributed by atoms with van der Waals surface area (Å²) in [7, 11) is 0. The molecule has 0 saturated heterocycles. The lowest BCUT2D eigenvalue weighted by molar-refractivity contribution is -0.148. The first kappa shape index (κ1) is 23.6. The number of halogens is 8. The van der Waals surface area contributed by atoms with Crippen LogP contribution in [-0.4, -0.2) is 33.6 Å². The maximum Gasteiger partial charge on any atom is 0.409 e. The molecule has 1 aromatic carbocycles. The number of fused-ring (bicyclic) bond motifs is 1. The fourth-order valence-electron chi connectivity index (χ4n) is 2.72. The predicted octanol–water partition coefficient (Wildman–Crippen LogP) is 5.38. The zero-order chi connectivity index (χ0) is 23.1. The van der Waals surface area contributed by atoms with E-state index >= 15 is 0 Å². The van der Waals surface area contributed by atoms with Gasteiger partial charge < -0.3 is 5.32 Å². The Hall–Kier alpha value is -2.07. The molecule has 0 fully saturated rings. The number of nitrogens with one attached hydrogen (secondary N) is 1. The van der Waals surface area contributed by atoms with E-state index in [9.17, 15) is 27.2 Å². The van der Waals surface area contributed by atoms with Gasteiger partial charge in [-0.25, -0.2) is 9.37 Å². The molecular weight excluding hydrogens is 508 g/mol. The quantitative estimate of drug-likeness (QED) is 0.287. The molecule has 0 unspecified atom stereocenters. The highest BCUT2D eigenvalue weighted by atomic mass is 35.5. The van der Waals surface area contributed by atoms with Crippen LogP contribution in [0.2, 0.25) is 15.2 Å². The van der Waals surface area contributed by atoms with Crippen LogP contribution in [0.25, 0.3) is 16.7 Å². The van der Waals surface area contributed by atoms with Crippen molar-refractivity contribution in [3.05, 3.63) is 67.3 Å². The van der Waals surface area contributed by atoms with Gasteiger partial charge in [0, 0.05) is 6.20 Å². The molecule has 0 aliphatic rings. The summed E-state index contributed by atoms with van der Waals surface area (Å²) in [5.41, 5.74) is -1.76. The van der Waals surface area contributed by atoms with Crippen molar-refractivity contribution >= 4 is 63.3 Å². The molecule has 0 aliphatic carbocycles. The molecule has 2 aromatic heterocycles. The van der Waals surface area contributed by atoms with Crippen molar-refractivity contribution in [3.63, 3.8) is 0 Å². The highest BCUT2D eigenvalue weighted by molar-refractivity contribution is 6.38. The minimum absolute atomic E-state index is 0.0357. The molecule has 3 rings (SSSR count). The molecular formula is C18H9Cl4F4N3O2. The summed E-state index contributed by atoms with van der Waals surface area (Å²) in [6.45, 7) is 0. The highest BCUT2D eigenvalue weighted by Gasteiger charge is 2.40. The second-order valence-corrected chi connectivity index (χ2v) is 7.70. The van der Waals surface area contributed by atoms with E-state index in [-0.39, 0.29) is 31.9 Å². The van der Waals surface area contributed by atoms with E-state index in [2.05, 4.69) is 4.98 Å². The van der Waals surface area contributed by atoms with Crippen molar-refractivity contribution in [2.24, 2.45) is 0 Å². The normalized spacial score (nSPS) is 12.8.